The van der Waals surface area contributed by atoms with Crippen LogP contribution in [0.2, 0.25) is 0 Å². The summed E-state index contributed by atoms with van der Waals surface area (Å²) in [6.07, 6.45) is -0.570. The Labute approximate surface area is 178 Å². The molecule has 0 aliphatic carbocycles. The van der Waals surface area contributed by atoms with Crippen LogP contribution in [0.1, 0.15) is 39.5 Å². The normalized spacial score (nSPS) is 18.7. The first-order chi connectivity index (χ1) is 14.3. The summed E-state index contributed by atoms with van der Waals surface area (Å²) in [7, 11) is 0. The van der Waals surface area contributed by atoms with E-state index in [0.717, 1.165) is 4.90 Å². The number of aliphatic carboxylic acids is 2. The van der Waals surface area contributed by atoms with E-state index in [9.17, 15) is 33.9 Å². The minimum atomic E-state index is -1.46. The minimum Gasteiger partial charge on any atom is -0.481 e. The van der Waals surface area contributed by atoms with E-state index in [1.807, 2.05) is 0 Å². The van der Waals surface area contributed by atoms with Crippen molar-refractivity contribution in [1.29, 1.82) is 0 Å². The molecule has 1 aliphatic rings. The molecule has 13 nitrogen and oxygen atoms in total. The number of carbonyl (C=O) groups is 6. The predicted octanol–water partition coefficient (Wildman–Crippen LogP) is -2.63. The van der Waals surface area contributed by atoms with Crippen molar-refractivity contribution in [2.45, 2.75) is 63.7 Å². The number of carboxylic acids is 2. The Kier molecular flexibility index (Phi) is 9.37. The molecule has 0 aromatic rings. The van der Waals surface area contributed by atoms with Crippen LogP contribution >= 0.6 is 0 Å². The van der Waals surface area contributed by atoms with Gasteiger partial charge in [-0.2, -0.15) is 0 Å². The number of hydrogen-bond donors (Lipinski definition) is 6. The van der Waals surface area contributed by atoms with Crippen molar-refractivity contribution in [3.05, 3.63) is 0 Å². The number of carbonyl (C=O) groups excluding carboxylic acids is 4. The number of likely N-dealkylation sites (tertiary alicyclic amines) is 1. The van der Waals surface area contributed by atoms with E-state index < -0.39 is 78.5 Å². The maximum absolute atomic E-state index is 13.0. The Morgan fingerprint density at radius 1 is 1.06 bits per heavy atom. The highest BCUT2D eigenvalue weighted by Gasteiger charge is 2.40. The summed E-state index contributed by atoms with van der Waals surface area (Å²) in [4.78, 5) is 72.4. The van der Waals surface area contributed by atoms with E-state index in [-0.39, 0.29) is 13.0 Å². The molecule has 0 saturated carbocycles. The molecule has 1 fully saturated rings. The van der Waals surface area contributed by atoms with Gasteiger partial charge in [0.25, 0.3) is 0 Å². The Bertz CT molecular complexity index is 740. The predicted molar refractivity (Wildman–Crippen MR) is 105 cm³/mol. The smallest absolute Gasteiger partial charge is 0.326 e. The molecule has 4 atom stereocenters. The third kappa shape index (κ3) is 7.51. The third-order valence-electron chi connectivity index (χ3n) is 4.82. The lowest BCUT2D eigenvalue weighted by Crippen LogP contribution is -2.58. The molecule has 0 bridgehead atoms. The minimum absolute atomic E-state index is 0.142. The number of hydrogen-bond acceptors (Lipinski definition) is 7. The van der Waals surface area contributed by atoms with Gasteiger partial charge in [0, 0.05) is 6.54 Å². The van der Waals surface area contributed by atoms with Gasteiger partial charge in [0.2, 0.25) is 23.6 Å². The van der Waals surface area contributed by atoms with Crippen LogP contribution in [0.4, 0.5) is 0 Å². The number of primary amides is 1. The molecule has 4 unspecified atom stereocenters. The first kappa shape index (κ1) is 25.8. The van der Waals surface area contributed by atoms with Crippen LogP contribution in [0.25, 0.3) is 0 Å². The monoisotopic (exact) mass is 443 g/mol. The summed E-state index contributed by atoms with van der Waals surface area (Å²) in [5, 5.41) is 22.6. The number of rotatable bonds is 11. The van der Waals surface area contributed by atoms with Gasteiger partial charge in [0.15, 0.2) is 0 Å². The summed E-state index contributed by atoms with van der Waals surface area (Å²) in [6.45, 7) is 3.38. The maximum Gasteiger partial charge on any atom is 0.326 e. The zero-order chi connectivity index (χ0) is 23.9. The van der Waals surface area contributed by atoms with Gasteiger partial charge in [0.05, 0.1) is 18.9 Å². The quantitative estimate of drug-likeness (QED) is 0.196. The van der Waals surface area contributed by atoms with Crippen molar-refractivity contribution in [2.24, 2.45) is 17.4 Å². The second kappa shape index (κ2) is 11.2. The van der Waals surface area contributed by atoms with Crippen LogP contribution < -0.4 is 22.1 Å². The van der Waals surface area contributed by atoms with Crippen LogP contribution in [-0.4, -0.2) is 81.4 Å². The lowest BCUT2D eigenvalue weighted by molar-refractivity contribution is -0.146. The number of nitrogens with zero attached hydrogens (tertiary/aromatic N) is 1. The molecular weight excluding hydrogens is 414 g/mol. The van der Waals surface area contributed by atoms with Gasteiger partial charge in [-0.15, -0.1) is 0 Å². The molecule has 8 N–H and O–H groups in total. The molecule has 31 heavy (non-hydrogen) atoms. The molecule has 13 heteroatoms. The summed E-state index contributed by atoms with van der Waals surface area (Å²) < 4.78 is 0. The second-order valence-corrected chi connectivity index (χ2v) is 7.69. The lowest BCUT2D eigenvalue weighted by Gasteiger charge is -2.30. The molecular formula is C18H29N5O8. The standard InChI is InChI=1S/C18H29N5O8/c1-8(2)14(18(30)31)22-16(28)11-4-3-5-23(11)17(29)10(7-12(20)24)21-15(27)9(19)6-13(25)26/h8-11,14H,3-7,19H2,1-2H3,(H2,20,24)(H,21,27)(H,22,28)(H,25,26)(H,30,31). The average molecular weight is 443 g/mol. The fraction of sp³-hybridized carbons (Fsp3) is 0.667. The molecule has 0 aromatic carbocycles. The maximum atomic E-state index is 13.0. The van der Waals surface area contributed by atoms with Gasteiger partial charge < -0.3 is 37.2 Å². The van der Waals surface area contributed by atoms with Gasteiger partial charge in [-0.05, 0) is 18.8 Å². The van der Waals surface area contributed by atoms with E-state index in [1.165, 1.54) is 0 Å². The zero-order valence-corrected chi connectivity index (χ0v) is 17.4. The van der Waals surface area contributed by atoms with Gasteiger partial charge in [-0.1, -0.05) is 13.8 Å². The van der Waals surface area contributed by atoms with E-state index in [4.69, 9.17) is 16.6 Å². The molecule has 1 aliphatic heterocycles. The fourth-order valence-corrected chi connectivity index (χ4v) is 3.23. The first-order valence-corrected chi connectivity index (χ1v) is 9.74. The third-order valence-corrected chi connectivity index (χ3v) is 4.82. The topological polar surface area (TPSA) is 222 Å². The fourth-order valence-electron chi connectivity index (χ4n) is 3.23. The van der Waals surface area contributed by atoms with Crippen molar-refractivity contribution >= 4 is 35.6 Å². The summed E-state index contributed by atoms with van der Waals surface area (Å²) in [5.41, 5.74) is 10.6. The molecule has 1 rings (SSSR count). The molecule has 1 saturated heterocycles. The summed E-state index contributed by atoms with van der Waals surface area (Å²) in [5.74, 6) is -6.25. The number of nitrogens with two attached hydrogens (primary N) is 2. The largest absolute Gasteiger partial charge is 0.481 e. The SMILES string of the molecule is CC(C)C(NC(=O)C1CCCN1C(=O)C(CC(N)=O)NC(=O)C(N)CC(=O)O)C(=O)O. The number of amides is 4. The van der Waals surface area contributed by atoms with E-state index >= 15 is 0 Å². The molecule has 0 spiro atoms. The molecule has 0 aromatic heterocycles. The zero-order valence-electron chi connectivity index (χ0n) is 17.4. The van der Waals surface area contributed by atoms with Crippen molar-refractivity contribution < 1.29 is 39.0 Å². The highest BCUT2D eigenvalue weighted by molar-refractivity contribution is 5.97. The number of carboxylic acid groups (broad SMARTS) is 2. The molecule has 1 heterocycles. The van der Waals surface area contributed by atoms with Crippen molar-refractivity contribution in [1.82, 2.24) is 15.5 Å². The van der Waals surface area contributed by atoms with Crippen molar-refractivity contribution in [2.75, 3.05) is 6.54 Å². The van der Waals surface area contributed by atoms with E-state index in [0.29, 0.717) is 6.42 Å². The van der Waals surface area contributed by atoms with Crippen LogP contribution in [0.15, 0.2) is 0 Å². The lowest BCUT2D eigenvalue weighted by atomic mass is 10.0. The van der Waals surface area contributed by atoms with Crippen molar-refractivity contribution in [3.63, 3.8) is 0 Å². The number of nitrogens with one attached hydrogen (secondary N) is 2. The van der Waals surface area contributed by atoms with Crippen LogP contribution in [0, 0.1) is 5.92 Å². The average Bonchev–Trinajstić information content (AvgIpc) is 3.13. The Morgan fingerprint density at radius 3 is 2.16 bits per heavy atom. The van der Waals surface area contributed by atoms with Crippen LogP contribution in [-0.2, 0) is 28.8 Å². The van der Waals surface area contributed by atoms with Gasteiger partial charge >= 0.3 is 11.9 Å². The van der Waals surface area contributed by atoms with E-state index in [1.54, 1.807) is 13.8 Å². The van der Waals surface area contributed by atoms with Gasteiger partial charge in [0.1, 0.15) is 18.1 Å². The Balaban J connectivity index is 2.97. The van der Waals surface area contributed by atoms with E-state index in [2.05, 4.69) is 10.6 Å². The van der Waals surface area contributed by atoms with Gasteiger partial charge in [-0.3, -0.25) is 24.0 Å². The Morgan fingerprint density at radius 2 is 1.68 bits per heavy atom. The Hall–Kier alpha value is -3.22. The van der Waals surface area contributed by atoms with Crippen molar-refractivity contribution in [3.8, 4) is 0 Å². The summed E-state index contributed by atoms with van der Waals surface area (Å²) >= 11 is 0. The highest BCUT2D eigenvalue weighted by atomic mass is 16.4. The summed E-state index contributed by atoms with van der Waals surface area (Å²) in [6, 6.07) is -5.05. The molecule has 0 radical (unpaired) electrons. The first-order valence-electron chi connectivity index (χ1n) is 9.74. The second-order valence-electron chi connectivity index (χ2n) is 7.69. The van der Waals surface area contributed by atoms with Gasteiger partial charge in [-0.25, -0.2) is 4.79 Å². The highest BCUT2D eigenvalue weighted by Crippen LogP contribution is 2.20. The molecule has 174 valence electrons. The molecule has 4 amide bonds. The van der Waals surface area contributed by atoms with Crippen LogP contribution in [0.3, 0.4) is 0 Å². The van der Waals surface area contributed by atoms with Crippen LogP contribution in [0.5, 0.6) is 0 Å².